The molecule has 1 heterocycles. The van der Waals surface area contributed by atoms with Crippen LogP contribution in [0.5, 0.6) is 0 Å². The Kier molecular flexibility index (Phi) is 3.44. The van der Waals surface area contributed by atoms with Crippen LogP contribution in [-0.4, -0.2) is 11.6 Å². The number of nitrogens with one attached hydrogen (secondary N) is 1. The highest BCUT2D eigenvalue weighted by Gasteiger charge is 2.38. The van der Waals surface area contributed by atoms with Crippen LogP contribution in [0.25, 0.3) is 0 Å². The first-order valence-corrected chi connectivity index (χ1v) is 7.72. The first-order valence-electron chi connectivity index (χ1n) is 7.72. The molecule has 3 heteroatoms. The second-order valence-corrected chi connectivity index (χ2v) is 6.62. The van der Waals surface area contributed by atoms with Gasteiger partial charge in [-0.3, -0.25) is 9.69 Å². The van der Waals surface area contributed by atoms with E-state index in [2.05, 4.69) is 31.3 Å². The summed E-state index contributed by atoms with van der Waals surface area (Å²) < 4.78 is 0. The summed E-state index contributed by atoms with van der Waals surface area (Å²) in [6, 6.07) is 15.9. The highest BCUT2D eigenvalue weighted by Crippen LogP contribution is 2.35. The lowest BCUT2D eigenvalue weighted by atomic mass is 9.99. The topological polar surface area (TPSA) is 32.3 Å². The van der Waals surface area contributed by atoms with Crippen molar-refractivity contribution in [3.63, 3.8) is 0 Å². The summed E-state index contributed by atoms with van der Waals surface area (Å²) in [5, 5.41) is 3.46. The summed E-state index contributed by atoms with van der Waals surface area (Å²) in [5.74, 6) is 0.523. The zero-order chi connectivity index (χ0) is 15.9. The van der Waals surface area contributed by atoms with E-state index in [9.17, 15) is 4.79 Å². The van der Waals surface area contributed by atoms with Gasteiger partial charge in [-0.25, -0.2) is 0 Å². The molecular formula is C19H22N2O. The number of fused-ring (bicyclic) bond motifs is 1. The number of rotatable bonds is 2. The van der Waals surface area contributed by atoms with Gasteiger partial charge in [-0.2, -0.15) is 0 Å². The van der Waals surface area contributed by atoms with Crippen LogP contribution in [-0.2, 0) is 0 Å². The molecule has 0 bridgehead atoms. The number of hydrogen-bond donors (Lipinski definition) is 1. The molecule has 3 nitrogen and oxygen atoms in total. The van der Waals surface area contributed by atoms with Crippen LogP contribution in [0.2, 0.25) is 0 Å². The Bertz CT molecular complexity index is 702. The van der Waals surface area contributed by atoms with Gasteiger partial charge in [0, 0.05) is 11.4 Å². The van der Waals surface area contributed by atoms with E-state index in [4.69, 9.17) is 0 Å². The Balaban J connectivity index is 2.04. The van der Waals surface area contributed by atoms with Crippen LogP contribution in [0.15, 0.2) is 48.5 Å². The Morgan fingerprint density at radius 3 is 2.27 bits per heavy atom. The van der Waals surface area contributed by atoms with Crippen molar-refractivity contribution in [3.05, 3.63) is 59.7 Å². The second-order valence-electron chi connectivity index (χ2n) is 6.62. The lowest BCUT2D eigenvalue weighted by Gasteiger charge is -2.44. The third-order valence-corrected chi connectivity index (χ3v) is 4.18. The predicted molar refractivity (Wildman–Crippen MR) is 91.5 cm³/mol. The fourth-order valence-electron chi connectivity index (χ4n) is 2.99. The van der Waals surface area contributed by atoms with Crippen molar-refractivity contribution in [2.45, 2.75) is 39.3 Å². The van der Waals surface area contributed by atoms with E-state index in [1.165, 1.54) is 5.56 Å². The van der Waals surface area contributed by atoms with E-state index in [-0.39, 0.29) is 5.91 Å². The van der Waals surface area contributed by atoms with Gasteiger partial charge in [0.1, 0.15) is 5.66 Å². The van der Waals surface area contributed by atoms with Crippen LogP contribution in [0, 0.1) is 0 Å². The van der Waals surface area contributed by atoms with E-state index in [0.717, 1.165) is 16.9 Å². The molecule has 0 spiro atoms. The number of carbonyl (C=O) groups excluding carboxylic acids is 1. The van der Waals surface area contributed by atoms with E-state index < -0.39 is 5.66 Å². The molecule has 3 rings (SSSR count). The standard InChI is InChI=1S/C19H22N2O/c1-13(2)14-9-11-15(12-10-14)21-18(22)16-7-5-6-8-17(16)20-19(21,3)4/h5-13,20H,1-4H3. The lowest BCUT2D eigenvalue weighted by molar-refractivity contribution is 0.0961. The zero-order valence-corrected chi connectivity index (χ0v) is 13.6. The second kappa shape index (κ2) is 5.16. The van der Waals surface area contributed by atoms with E-state index in [1.807, 2.05) is 55.1 Å². The van der Waals surface area contributed by atoms with Crippen molar-refractivity contribution < 1.29 is 4.79 Å². The maximum atomic E-state index is 12.9. The van der Waals surface area contributed by atoms with Gasteiger partial charge in [0.2, 0.25) is 0 Å². The first kappa shape index (κ1) is 14.6. The summed E-state index contributed by atoms with van der Waals surface area (Å²) >= 11 is 0. The van der Waals surface area contributed by atoms with Crippen molar-refractivity contribution in [1.82, 2.24) is 0 Å². The molecule has 0 radical (unpaired) electrons. The fraction of sp³-hybridized carbons (Fsp3) is 0.316. The Morgan fingerprint density at radius 1 is 1.00 bits per heavy atom. The summed E-state index contributed by atoms with van der Waals surface area (Å²) in [4.78, 5) is 14.8. The van der Waals surface area contributed by atoms with Crippen LogP contribution in [0.1, 0.15) is 49.5 Å². The van der Waals surface area contributed by atoms with Crippen LogP contribution in [0.4, 0.5) is 11.4 Å². The molecule has 1 N–H and O–H groups in total. The van der Waals surface area contributed by atoms with Gasteiger partial charge in [0.05, 0.1) is 5.56 Å². The van der Waals surface area contributed by atoms with Gasteiger partial charge in [-0.05, 0) is 49.6 Å². The van der Waals surface area contributed by atoms with Crippen molar-refractivity contribution in [1.29, 1.82) is 0 Å². The van der Waals surface area contributed by atoms with Gasteiger partial charge in [0.15, 0.2) is 0 Å². The smallest absolute Gasteiger partial charge is 0.262 e. The maximum absolute atomic E-state index is 12.9. The number of hydrogen-bond acceptors (Lipinski definition) is 2. The van der Waals surface area contributed by atoms with Crippen molar-refractivity contribution >= 4 is 17.3 Å². The molecule has 0 unspecified atom stereocenters. The van der Waals surface area contributed by atoms with E-state index in [0.29, 0.717) is 5.92 Å². The Morgan fingerprint density at radius 2 is 1.64 bits per heavy atom. The minimum absolute atomic E-state index is 0.0386. The fourth-order valence-corrected chi connectivity index (χ4v) is 2.99. The summed E-state index contributed by atoms with van der Waals surface area (Å²) in [6.45, 7) is 8.39. The Hall–Kier alpha value is -2.29. The summed E-state index contributed by atoms with van der Waals surface area (Å²) in [7, 11) is 0. The van der Waals surface area contributed by atoms with Gasteiger partial charge in [-0.15, -0.1) is 0 Å². The summed E-state index contributed by atoms with van der Waals surface area (Å²) in [6.07, 6.45) is 0. The van der Waals surface area contributed by atoms with Crippen molar-refractivity contribution in [2.24, 2.45) is 0 Å². The van der Waals surface area contributed by atoms with Gasteiger partial charge in [-0.1, -0.05) is 38.1 Å². The van der Waals surface area contributed by atoms with Gasteiger partial charge in [0.25, 0.3) is 5.91 Å². The lowest BCUT2D eigenvalue weighted by Crippen LogP contribution is -2.56. The molecule has 1 amide bonds. The minimum atomic E-state index is -0.467. The molecule has 0 saturated carbocycles. The van der Waals surface area contributed by atoms with Crippen LogP contribution < -0.4 is 10.2 Å². The molecule has 0 atom stereocenters. The third-order valence-electron chi connectivity index (χ3n) is 4.18. The van der Waals surface area contributed by atoms with E-state index >= 15 is 0 Å². The zero-order valence-electron chi connectivity index (χ0n) is 13.6. The Labute approximate surface area is 132 Å². The molecule has 2 aromatic carbocycles. The van der Waals surface area contributed by atoms with E-state index in [1.54, 1.807) is 0 Å². The first-order chi connectivity index (χ1) is 10.4. The largest absolute Gasteiger partial charge is 0.362 e. The average molecular weight is 294 g/mol. The molecule has 0 saturated heterocycles. The van der Waals surface area contributed by atoms with Crippen molar-refractivity contribution in [3.8, 4) is 0 Å². The highest BCUT2D eigenvalue weighted by atomic mass is 16.2. The normalized spacial score (nSPS) is 16.4. The number of benzene rings is 2. The minimum Gasteiger partial charge on any atom is -0.362 e. The van der Waals surface area contributed by atoms with Gasteiger partial charge >= 0.3 is 0 Å². The SMILES string of the molecule is CC(C)c1ccc(N2C(=O)c3ccccc3NC2(C)C)cc1. The third kappa shape index (κ3) is 2.37. The molecule has 114 valence electrons. The maximum Gasteiger partial charge on any atom is 0.262 e. The summed E-state index contributed by atoms with van der Waals surface area (Å²) in [5.41, 5.74) is 3.34. The van der Waals surface area contributed by atoms with Gasteiger partial charge < -0.3 is 5.32 Å². The number of para-hydroxylation sites is 1. The van der Waals surface area contributed by atoms with Crippen LogP contribution in [0.3, 0.4) is 0 Å². The predicted octanol–water partition coefficient (Wildman–Crippen LogP) is 4.62. The quantitative estimate of drug-likeness (QED) is 0.876. The number of nitrogens with zero attached hydrogens (tertiary/aromatic N) is 1. The highest BCUT2D eigenvalue weighted by molar-refractivity contribution is 6.12. The molecule has 1 aliphatic heterocycles. The average Bonchev–Trinajstić information content (AvgIpc) is 2.47. The molecule has 2 aromatic rings. The molecule has 0 fully saturated rings. The molecule has 1 aliphatic rings. The molecule has 0 aliphatic carbocycles. The van der Waals surface area contributed by atoms with Crippen molar-refractivity contribution in [2.75, 3.05) is 10.2 Å². The monoisotopic (exact) mass is 294 g/mol. The number of anilines is 2. The number of carbonyl (C=O) groups is 1. The molecular weight excluding hydrogens is 272 g/mol. The molecule has 22 heavy (non-hydrogen) atoms. The number of amides is 1. The van der Waals surface area contributed by atoms with Crippen LogP contribution >= 0.6 is 0 Å². The molecule has 0 aromatic heterocycles.